The minimum atomic E-state index is -3.50. The van der Waals surface area contributed by atoms with E-state index in [2.05, 4.69) is 15.5 Å². The third-order valence-corrected chi connectivity index (χ3v) is 7.42. The topological polar surface area (TPSA) is 83.9 Å². The molecule has 30 heavy (non-hydrogen) atoms. The number of thiazole rings is 1. The summed E-state index contributed by atoms with van der Waals surface area (Å²) in [6.45, 7) is 1.60. The van der Waals surface area contributed by atoms with E-state index < -0.39 is 10.0 Å². The standard InChI is InChI=1S/C20H19ClN4O3S2/c21-17-5-1-15(2-6-17)13-22-24-20-23-19(14-29-20)16-3-7-18(8-4-16)30(26,27)25-9-11-28-12-10-25/h1-8,13-14H,9-12H2,(H,23,24)/b22-13+. The number of ether oxygens (including phenoxy) is 1. The highest BCUT2D eigenvalue weighted by atomic mass is 35.5. The molecule has 2 aromatic carbocycles. The highest BCUT2D eigenvalue weighted by molar-refractivity contribution is 7.89. The van der Waals surface area contributed by atoms with E-state index in [1.807, 2.05) is 17.5 Å². The molecular weight excluding hydrogens is 444 g/mol. The maximum Gasteiger partial charge on any atom is 0.243 e. The summed E-state index contributed by atoms with van der Waals surface area (Å²) in [5, 5.41) is 7.39. The van der Waals surface area contributed by atoms with Gasteiger partial charge in [0.05, 0.1) is 30.0 Å². The maximum atomic E-state index is 12.7. The molecule has 2 heterocycles. The summed E-state index contributed by atoms with van der Waals surface area (Å²) in [5.41, 5.74) is 5.41. The molecular formula is C20H19ClN4O3S2. The molecule has 0 unspecified atom stereocenters. The van der Waals surface area contributed by atoms with Crippen LogP contribution < -0.4 is 5.43 Å². The van der Waals surface area contributed by atoms with Crippen molar-refractivity contribution in [1.82, 2.24) is 9.29 Å². The Kier molecular flexibility index (Phi) is 6.45. The Bertz CT molecular complexity index is 1120. The van der Waals surface area contributed by atoms with Crippen LogP contribution in [0.5, 0.6) is 0 Å². The smallest absolute Gasteiger partial charge is 0.243 e. The van der Waals surface area contributed by atoms with E-state index in [9.17, 15) is 8.42 Å². The molecule has 0 saturated carbocycles. The number of hydrazone groups is 1. The first kappa shape index (κ1) is 21.0. The Morgan fingerprint density at radius 1 is 1.10 bits per heavy atom. The fourth-order valence-electron chi connectivity index (χ4n) is 2.90. The summed E-state index contributed by atoms with van der Waals surface area (Å²) >= 11 is 7.28. The van der Waals surface area contributed by atoms with Gasteiger partial charge in [0.25, 0.3) is 0 Å². The number of morpholine rings is 1. The Morgan fingerprint density at radius 2 is 1.80 bits per heavy atom. The highest BCUT2D eigenvalue weighted by Crippen LogP contribution is 2.27. The van der Waals surface area contributed by atoms with Crippen molar-refractivity contribution < 1.29 is 13.2 Å². The predicted octanol–water partition coefficient (Wildman–Crippen LogP) is 3.93. The second kappa shape index (κ2) is 9.23. The fraction of sp³-hybridized carbons (Fsp3) is 0.200. The number of nitrogens with one attached hydrogen (secondary N) is 1. The van der Waals surface area contributed by atoms with Gasteiger partial charge in [-0.1, -0.05) is 35.9 Å². The minimum Gasteiger partial charge on any atom is -0.379 e. The molecule has 1 aromatic heterocycles. The summed E-state index contributed by atoms with van der Waals surface area (Å²) < 4.78 is 32.1. The molecule has 0 aliphatic carbocycles. The van der Waals surface area contributed by atoms with E-state index >= 15 is 0 Å². The van der Waals surface area contributed by atoms with Gasteiger partial charge in [-0.15, -0.1) is 11.3 Å². The number of hydrogen-bond acceptors (Lipinski definition) is 7. The molecule has 4 rings (SSSR count). The van der Waals surface area contributed by atoms with Gasteiger partial charge in [0.15, 0.2) is 0 Å². The molecule has 0 amide bonds. The monoisotopic (exact) mass is 462 g/mol. The van der Waals surface area contributed by atoms with Crippen LogP contribution in [0.25, 0.3) is 11.3 Å². The predicted molar refractivity (Wildman–Crippen MR) is 120 cm³/mol. The van der Waals surface area contributed by atoms with Gasteiger partial charge in [-0.3, -0.25) is 5.43 Å². The van der Waals surface area contributed by atoms with Crippen LogP contribution in [0.1, 0.15) is 5.56 Å². The lowest BCUT2D eigenvalue weighted by atomic mass is 10.2. The molecule has 10 heteroatoms. The zero-order chi connectivity index (χ0) is 21.0. The van der Waals surface area contributed by atoms with Crippen molar-refractivity contribution in [2.75, 3.05) is 31.7 Å². The molecule has 0 atom stereocenters. The average molecular weight is 463 g/mol. The van der Waals surface area contributed by atoms with Crippen LogP contribution in [0.15, 0.2) is 63.9 Å². The van der Waals surface area contributed by atoms with Crippen LogP contribution in [0.4, 0.5) is 5.13 Å². The van der Waals surface area contributed by atoms with Crippen LogP contribution in [0, 0.1) is 0 Å². The van der Waals surface area contributed by atoms with Gasteiger partial charge < -0.3 is 4.74 Å². The number of aromatic nitrogens is 1. The number of sulfonamides is 1. The summed E-state index contributed by atoms with van der Waals surface area (Å²) in [5.74, 6) is 0. The van der Waals surface area contributed by atoms with Crippen molar-refractivity contribution in [1.29, 1.82) is 0 Å². The van der Waals surface area contributed by atoms with Crippen LogP contribution in [-0.2, 0) is 14.8 Å². The molecule has 1 N–H and O–H groups in total. The average Bonchev–Trinajstić information content (AvgIpc) is 3.25. The van der Waals surface area contributed by atoms with E-state index in [0.29, 0.717) is 36.5 Å². The second-order valence-corrected chi connectivity index (χ2v) is 9.73. The highest BCUT2D eigenvalue weighted by Gasteiger charge is 2.26. The molecule has 1 fully saturated rings. The van der Waals surface area contributed by atoms with Crippen molar-refractivity contribution in [2.45, 2.75) is 4.90 Å². The third kappa shape index (κ3) is 4.88. The summed E-state index contributed by atoms with van der Waals surface area (Å²) in [6.07, 6.45) is 1.68. The SMILES string of the molecule is O=S(=O)(c1ccc(-c2csc(N/N=C/c3ccc(Cl)cc3)n2)cc1)N1CCOCC1. The van der Waals surface area contributed by atoms with E-state index in [0.717, 1.165) is 16.8 Å². The quantitative estimate of drug-likeness (QED) is 0.443. The van der Waals surface area contributed by atoms with Crippen LogP contribution >= 0.6 is 22.9 Å². The first-order valence-electron chi connectivity index (χ1n) is 9.21. The zero-order valence-electron chi connectivity index (χ0n) is 15.9. The van der Waals surface area contributed by atoms with Gasteiger partial charge in [-0.2, -0.15) is 9.41 Å². The molecule has 3 aromatic rings. The first-order chi connectivity index (χ1) is 14.5. The number of benzene rings is 2. The van der Waals surface area contributed by atoms with Gasteiger partial charge in [-0.05, 0) is 29.8 Å². The van der Waals surface area contributed by atoms with Gasteiger partial charge in [0, 0.05) is 29.1 Å². The second-order valence-electron chi connectivity index (χ2n) is 6.50. The first-order valence-corrected chi connectivity index (χ1v) is 11.9. The summed E-state index contributed by atoms with van der Waals surface area (Å²) in [4.78, 5) is 4.78. The van der Waals surface area contributed by atoms with Gasteiger partial charge in [-0.25, -0.2) is 13.4 Å². The molecule has 0 bridgehead atoms. The van der Waals surface area contributed by atoms with Gasteiger partial charge in [0.2, 0.25) is 15.2 Å². The number of anilines is 1. The van der Waals surface area contributed by atoms with Crippen molar-refractivity contribution in [3.8, 4) is 11.3 Å². The van der Waals surface area contributed by atoms with Crippen molar-refractivity contribution >= 4 is 44.3 Å². The van der Waals surface area contributed by atoms with Crippen molar-refractivity contribution in [3.63, 3.8) is 0 Å². The van der Waals surface area contributed by atoms with E-state index in [1.165, 1.54) is 15.6 Å². The van der Waals surface area contributed by atoms with Gasteiger partial charge >= 0.3 is 0 Å². The Balaban J connectivity index is 1.42. The maximum absolute atomic E-state index is 12.7. The minimum absolute atomic E-state index is 0.272. The molecule has 0 spiro atoms. The lowest BCUT2D eigenvalue weighted by molar-refractivity contribution is 0.0730. The largest absolute Gasteiger partial charge is 0.379 e. The lowest BCUT2D eigenvalue weighted by Crippen LogP contribution is -2.40. The zero-order valence-corrected chi connectivity index (χ0v) is 18.3. The van der Waals surface area contributed by atoms with E-state index in [4.69, 9.17) is 16.3 Å². The fourth-order valence-corrected chi connectivity index (χ4v) is 5.10. The normalized spacial score (nSPS) is 15.5. The van der Waals surface area contributed by atoms with E-state index in [1.54, 1.807) is 42.6 Å². The number of hydrogen-bond donors (Lipinski definition) is 1. The van der Waals surface area contributed by atoms with E-state index in [-0.39, 0.29) is 4.90 Å². The van der Waals surface area contributed by atoms with Crippen LogP contribution in [-0.4, -0.2) is 50.2 Å². The van der Waals surface area contributed by atoms with Crippen molar-refractivity contribution in [3.05, 3.63) is 64.5 Å². The molecule has 1 saturated heterocycles. The molecule has 156 valence electrons. The number of halogens is 1. The molecule has 1 aliphatic rings. The number of nitrogens with zero attached hydrogens (tertiary/aromatic N) is 3. The summed E-state index contributed by atoms with van der Waals surface area (Å²) in [7, 11) is -3.50. The summed E-state index contributed by atoms with van der Waals surface area (Å²) in [6, 6.07) is 14.1. The Morgan fingerprint density at radius 3 is 2.50 bits per heavy atom. The Labute approximate surface area is 184 Å². The molecule has 0 radical (unpaired) electrons. The molecule has 7 nitrogen and oxygen atoms in total. The lowest BCUT2D eigenvalue weighted by Gasteiger charge is -2.26. The van der Waals surface area contributed by atoms with Crippen LogP contribution in [0.2, 0.25) is 5.02 Å². The van der Waals surface area contributed by atoms with Crippen LogP contribution in [0.3, 0.4) is 0 Å². The molecule has 1 aliphatic heterocycles. The van der Waals surface area contributed by atoms with Crippen molar-refractivity contribution in [2.24, 2.45) is 5.10 Å². The Hall–Kier alpha value is -2.30. The van der Waals surface area contributed by atoms with Gasteiger partial charge in [0.1, 0.15) is 0 Å². The number of rotatable bonds is 6. The third-order valence-electron chi connectivity index (χ3n) is 4.51.